The predicted octanol–water partition coefficient (Wildman–Crippen LogP) is 4.39. The lowest BCUT2D eigenvalue weighted by molar-refractivity contribution is -0.121. The Morgan fingerprint density at radius 1 is 1.13 bits per heavy atom. The van der Waals surface area contributed by atoms with E-state index in [4.69, 9.17) is 14.9 Å². The molecule has 6 rings (SSSR count). The van der Waals surface area contributed by atoms with Crippen LogP contribution in [0.25, 0.3) is 17.5 Å². The summed E-state index contributed by atoms with van der Waals surface area (Å²) in [6, 6.07) is 14.1. The zero-order chi connectivity index (χ0) is 27.4. The molecule has 2 heterocycles. The summed E-state index contributed by atoms with van der Waals surface area (Å²) in [4.78, 5) is 30.4. The number of Topliss-reactive ketones (excluding diaryl/α,β-unsaturated/α-hetero) is 1. The number of nitrogens with two attached hydrogens (primary N) is 1. The first-order valence-electron chi connectivity index (χ1n) is 12.6. The Kier molecular flexibility index (Phi) is 5.73. The van der Waals surface area contributed by atoms with Crippen molar-refractivity contribution in [2.75, 3.05) is 6.61 Å². The maximum Gasteiger partial charge on any atom is 0.226 e. The van der Waals surface area contributed by atoms with Crippen LogP contribution in [0.3, 0.4) is 0 Å². The smallest absolute Gasteiger partial charge is 0.226 e. The van der Waals surface area contributed by atoms with E-state index in [2.05, 4.69) is 4.98 Å². The Morgan fingerprint density at radius 3 is 2.62 bits per heavy atom. The molecule has 1 aliphatic heterocycles. The normalized spacial score (nSPS) is 24.3. The molecule has 1 amide bonds. The second-order valence-corrected chi connectivity index (χ2v) is 13.0. The van der Waals surface area contributed by atoms with E-state index >= 15 is 0 Å². The van der Waals surface area contributed by atoms with Crippen molar-refractivity contribution in [3.63, 3.8) is 0 Å². The summed E-state index contributed by atoms with van der Waals surface area (Å²) in [6.07, 6.45) is 10.4. The summed E-state index contributed by atoms with van der Waals surface area (Å²) in [6.45, 7) is 1.66. The number of oxazole rings is 1. The number of fused-ring (bicyclic) bond motifs is 1. The molecule has 2 unspecified atom stereocenters. The highest BCUT2D eigenvalue weighted by Crippen LogP contribution is 2.55. The van der Waals surface area contributed by atoms with Crippen molar-refractivity contribution < 1.29 is 27.2 Å². The number of ether oxygens (including phenoxy) is 1. The Bertz CT molecular complexity index is 1700. The van der Waals surface area contributed by atoms with Crippen molar-refractivity contribution >= 4 is 27.6 Å². The molecule has 1 saturated carbocycles. The quantitative estimate of drug-likeness (QED) is 0.457. The number of primary amides is 1. The fraction of sp³-hybridized carbons (Fsp3) is 0.233. The fourth-order valence-corrected chi connectivity index (χ4v) is 7.96. The average Bonchev–Trinajstić information content (AvgIpc) is 3.54. The van der Waals surface area contributed by atoms with Crippen LogP contribution in [0.4, 0.5) is 0 Å². The van der Waals surface area contributed by atoms with Gasteiger partial charge in [0.15, 0.2) is 15.6 Å². The lowest BCUT2D eigenvalue weighted by atomic mass is 9.80. The molecular weight excluding hydrogens is 516 g/mol. The van der Waals surface area contributed by atoms with Gasteiger partial charge in [0.05, 0.1) is 16.2 Å². The number of nitrogens with zero attached hydrogens (tertiary/aromatic N) is 1. The predicted molar refractivity (Wildman–Crippen MR) is 145 cm³/mol. The maximum atomic E-state index is 14.1. The number of allylic oxidation sites excluding steroid dienone is 2. The lowest BCUT2D eigenvalue weighted by Crippen LogP contribution is -2.51. The first-order valence-corrected chi connectivity index (χ1v) is 14.1. The molecule has 39 heavy (non-hydrogen) atoms. The molecule has 198 valence electrons. The number of sulfone groups is 1. The van der Waals surface area contributed by atoms with Gasteiger partial charge in [-0.1, -0.05) is 48.6 Å². The summed E-state index contributed by atoms with van der Waals surface area (Å²) < 4.78 is 37.0. The second-order valence-electron chi connectivity index (χ2n) is 10.3. The molecule has 3 aliphatic rings. The summed E-state index contributed by atoms with van der Waals surface area (Å²) in [7, 11) is -3.92. The Morgan fingerprint density at radius 2 is 1.90 bits per heavy atom. The number of hydrogen-bond donors (Lipinski definition) is 1. The SMILES string of the molecule is CC1(S(=O)(=O)C2(c3ccc4c(c3)OC/C(=C/c3coc(-c5ccccc5)n3)C4=O)C=CC=CC2C(N)=O)CC1. The molecule has 0 saturated heterocycles. The van der Waals surface area contributed by atoms with Gasteiger partial charge in [-0.05, 0) is 55.7 Å². The van der Waals surface area contributed by atoms with E-state index in [0.717, 1.165) is 5.56 Å². The number of carbonyl (C=O) groups is 2. The highest BCUT2D eigenvalue weighted by molar-refractivity contribution is 7.94. The molecule has 2 aliphatic carbocycles. The van der Waals surface area contributed by atoms with Gasteiger partial charge in [-0.25, -0.2) is 13.4 Å². The number of aromatic nitrogens is 1. The van der Waals surface area contributed by atoms with Gasteiger partial charge in [0, 0.05) is 11.1 Å². The Balaban J connectivity index is 1.37. The summed E-state index contributed by atoms with van der Waals surface area (Å²) in [5, 5.41) is 0. The topological polar surface area (TPSA) is 130 Å². The van der Waals surface area contributed by atoms with Crippen molar-refractivity contribution in [3.8, 4) is 17.2 Å². The van der Waals surface area contributed by atoms with Gasteiger partial charge >= 0.3 is 0 Å². The number of rotatable bonds is 6. The summed E-state index contributed by atoms with van der Waals surface area (Å²) in [5.74, 6) is -1.43. The van der Waals surface area contributed by atoms with E-state index in [-0.39, 0.29) is 18.1 Å². The van der Waals surface area contributed by atoms with Crippen LogP contribution in [0.2, 0.25) is 0 Å². The van der Waals surface area contributed by atoms with Gasteiger partial charge in [-0.15, -0.1) is 0 Å². The van der Waals surface area contributed by atoms with E-state index in [1.165, 1.54) is 18.4 Å². The number of benzene rings is 2. The largest absolute Gasteiger partial charge is 0.488 e. The van der Waals surface area contributed by atoms with Gasteiger partial charge in [0.1, 0.15) is 29.1 Å². The van der Waals surface area contributed by atoms with Crippen LogP contribution in [-0.4, -0.2) is 36.4 Å². The van der Waals surface area contributed by atoms with Crippen LogP contribution in [-0.2, 0) is 19.4 Å². The van der Waals surface area contributed by atoms with Crippen LogP contribution in [0.5, 0.6) is 5.75 Å². The van der Waals surface area contributed by atoms with Crippen molar-refractivity contribution in [1.82, 2.24) is 4.98 Å². The third-order valence-corrected chi connectivity index (χ3v) is 11.0. The van der Waals surface area contributed by atoms with Gasteiger partial charge in [-0.2, -0.15) is 0 Å². The second kappa shape index (κ2) is 8.91. The standard InChI is InChI=1S/C30H26N2O6S/c1-29(13-14-29)39(35,36)30(12-6-5-9-24(30)27(31)34)21-10-11-23-25(16-21)37-17-20(26(23)33)15-22-18-38-28(32-22)19-7-3-2-4-8-19/h2-12,15-16,18,24H,13-14,17H2,1H3,(H2,31,34)/b20-15-. The molecular formula is C30H26N2O6S. The molecule has 1 aromatic heterocycles. The zero-order valence-corrected chi connectivity index (χ0v) is 22.0. The van der Waals surface area contributed by atoms with Crippen LogP contribution in [0.1, 0.15) is 41.4 Å². The minimum absolute atomic E-state index is 0.0325. The van der Waals surface area contributed by atoms with E-state index < -0.39 is 31.2 Å². The molecule has 9 heteroatoms. The molecule has 2 aromatic carbocycles. The van der Waals surface area contributed by atoms with Crippen molar-refractivity contribution in [2.45, 2.75) is 29.3 Å². The first-order chi connectivity index (χ1) is 18.7. The highest BCUT2D eigenvalue weighted by Gasteiger charge is 2.63. The number of ketones is 1. The first kappa shape index (κ1) is 25.1. The van der Waals surface area contributed by atoms with E-state index in [9.17, 15) is 18.0 Å². The molecule has 1 fully saturated rings. The average molecular weight is 543 g/mol. The number of carbonyl (C=O) groups excluding carboxylic acids is 2. The van der Waals surface area contributed by atoms with Crippen LogP contribution >= 0.6 is 0 Å². The molecule has 2 N–H and O–H groups in total. The van der Waals surface area contributed by atoms with E-state index in [0.29, 0.717) is 41.1 Å². The van der Waals surface area contributed by atoms with Crippen LogP contribution in [0.15, 0.2) is 89.1 Å². The van der Waals surface area contributed by atoms with Crippen molar-refractivity contribution in [3.05, 3.63) is 101 Å². The molecule has 0 spiro atoms. The number of hydrogen-bond acceptors (Lipinski definition) is 7. The van der Waals surface area contributed by atoms with Gasteiger partial charge < -0.3 is 14.9 Å². The third-order valence-electron chi connectivity index (χ3n) is 7.79. The van der Waals surface area contributed by atoms with Gasteiger partial charge in [-0.3, -0.25) is 9.59 Å². The van der Waals surface area contributed by atoms with E-state index in [1.54, 1.807) is 43.4 Å². The van der Waals surface area contributed by atoms with Gasteiger partial charge in [0.2, 0.25) is 11.8 Å². The Hall–Kier alpha value is -4.24. The zero-order valence-electron chi connectivity index (χ0n) is 21.2. The van der Waals surface area contributed by atoms with E-state index in [1.807, 2.05) is 30.3 Å². The van der Waals surface area contributed by atoms with Crippen molar-refractivity contribution in [2.24, 2.45) is 11.7 Å². The maximum absolute atomic E-state index is 14.1. The minimum atomic E-state index is -3.92. The molecule has 2 atom stereocenters. The number of amides is 1. The third kappa shape index (κ3) is 3.87. The van der Waals surface area contributed by atoms with Crippen molar-refractivity contribution in [1.29, 1.82) is 0 Å². The monoisotopic (exact) mass is 542 g/mol. The molecule has 3 aromatic rings. The molecule has 0 bridgehead atoms. The van der Waals surface area contributed by atoms with Gasteiger partial charge in [0.25, 0.3) is 0 Å². The minimum Gasteiger partial charge on any atom is -0.488 e. The summed E-state index contributed by atoms with van der Waals surface area (Å²) >= 11 is 0. The molecule has 8 nitrogen and oxygen atoms in total. The molecule has 0 radical (unpaired) electrons. The van der Waals surface area contributed by atoms with Crippen LogP contribution in [0, 0.1) is 5.92 Å². The fourth-order valence-electron chi connectivity index (χ4n) is 5.28. The highest BCUT2D eigenvalue weighted by atomic mass is 32.2. The Labute approximate surface area is 225 Å². The summed E-state index contributed by atoms with van der Waals surface area (Å²) in [5.41, 5.74) is 8.04. The van der Waals surface area contributed by atoms with Crippen LogP contribution < -0.4 is 10.5 Å². The lowest BCUT2D eigenvalue weighted by Gasteiger charge is -2.39.